The van der Waals surface area contributed by atoms with Gasteiger partial charge in [0.05, 0.1) is 5.75 Å². The van der Waals surface area contributed by atoms with Crippen molar-refractivity contribution in [2.45, 2.75) is 18.1 Å². The Balaban J connectivity index is 2.07. The molecule has 2 heterocycles. The monoisotopic (exact) mass is 359 g/mol. The number of hydrogen-bond acceptors (Lipinski definition) is 5. The van der Waals surface area contributed by atoms with Gasteiger partial charge in [-0.3, -0.25) is 19.1 Å². The Bertz CT molecular complexity index is 1040. The maximum absolute atomic E-state index is 12.3. The second-order valence-electron chi connectivity index (χ2n) is 5.53. The zero-order valence-electron chi connectivity index (χ0n) is 13.6. The summed E-state index contributed by atoms with van der Waals surface area (Å²) < 4.78 is 3.01. The van der Waals surface area contributed by atoms with Crippen molar-refractivity contribution in [2.75, 3.05) is 5.75 Å². The maximum Gasteiger partial charge on any atom is 0.329 e. The second kappa shape index (κ2) is 6.98. The Morgan fingerprint density at radius 1 is 1.28 bits per heavy atom. The van der Waals surface area contributed by atoms with E-state index in [1.807, 2.05) is 30.3 Å². The van der Waals surface area contributed by atoms with Crippen LogP contribution in [0.25, 0.3) is 11.2 Å². The number of primary amides is 1. The van der Waals surface area contributed by atoms with Crippen molar-refractivity contribution in [3.63, 3.8) is 0 Å². The molecule has 9 heteroatoms. The molecule has 2 aromatic heterocycles. The van der Waals surface area contributed by atoms with E-state index in [9.17, 15) is 14.4 Å². The Morgan fingerprint density at radius 3 is 2.68 bits per heavy atom. The van der Waals surface area contributed by atoms with Crippen molar-refractivity contribution in [1.29, 1.82) is 0 Å². The predicted molar refractivity (Wildman–Crippen MR) is 95.7 cm³/mol. The van der Waals surface area contributed by atoms with Gasteiger partial charge >= 0.3 is 5.69 Å². The Hall–Kier alpha value is -2.81. The van der Waals surface area contributed by atoms with Gasteiger partial charge in [-0.25, -0.2) is 9.78 Å². The Kier molecular flexibility index (Phi) is 4.75. The summed E-state index contributed by atoms with van der Waals surface area (Å²) in [4.78, 5) is 41.9. The lowest BCUT2D eigenvalue weighted by molar-refractivity contribution is -0.115. The molecule has 130 valence electrons. The molecule has 0 radical (unpaired) electrons. The van der Waals surface area contributed by atoms with Crippen LogP contribution in [0.3, 0.4) is 0 Å². The standard InChI is InChI=1S/C16H17N5O3S/c1-20-13-12(14(23)19-15(20)24)21(16(18-13)25-9-11(17)22)8-7-10-5-3-2-4-6-10/h2-6H,7-9H2,1H3,(H2,17,22)(H,19,23,24). The zero-order valence-corrected chi connectivity index (χ0v) is 14.4. The van der Waals surface area contributed by atoms with Crippen molar-refractivity contribution in [1.82, 2.24) is 19.1 Å². The van der Waals surface area contributed by atoms with Crippen molar-refractivity contribution in [2.24, 2.45) is 12.8 Å². The maximum atomic E-state index is 12.3. The summed E-state index contributed by atoms with van der Waals surface area (Å²) in [6.45, 7) is 0.489. The molecule has 0 fully saturated rings. The second-order valence-corrected chi connectivity index (χ2v) is 6.47. The highest BCUT2D eigenvalue weighted by Gasteiger charge is 2.18. The summed E-state index contributed by atoms with van der Waals surface area (Å²) in [5, 5.41) is 0.483. The van der Waals surface area contributed by atoms with E-state index < -0.39 is 17.2 Å². The first-order valence-corrected chi connectivity index (χ1v) is 8.60. The van der Waals surface area contributed by atoms with Crippen LogP contribution in [0.1, 0.15) is 5.56 Å². The number of nitrogens with two attached hydrogens (primary N) is 1. The van der Waals surface area contributed by atoms with E-state index in [1.165, 1.54) is 11.6 Å². The molecule has 3 N–H and O–H groups in total. The van der Waals surface area contributed by atoms with Crippen LogP contribution < -0.4 is 17.0 Å². The molecular formula is C16H17N5O3S. The highest BCUT2D eigenvalue weighted by Crippen LogP contribution is 2.21. The number of nitrogens with one attached hydrogen (secondary N) is 1. The molecule has 0 unspecified atom stereocenters. The fourth-order valence-electron chi connectivity index (χ4n) is 2.55. The molecule has 0 bridgehead atoms. The van der Waals surface area contributed by atoms with Gasteiger partial charge in [0.15, 0.2) is 16.3 Å². The number of H-pyrrole nitrogens is 1. The van der Waals surface area contributed by atoms with E-state index >= 15 is 0 Å². The third kappa shape index (κ3) is 3.50. The molecule has 0 saturated heterocycles. The number of thioether (sulfide) groups is 1. The molecular weight excluding hydrogens is 342 g/mol. The molecule has 0 atom stereocenters. The molecule has 25 heavy (non-hydrogen) atoms. The van der Waals surface area contributed by atoms with Gasteiger partial charge in [-0.05, 0) is 12.0 Å². The van der Waals surface area contributed by atoms with E-state index in [4.69, 9.17) is 5.73 Å². The average molecular weight is 359 g/mol. The number of fused-ring (bicyclic) bond motifs is 1. The number of carbonyl (C=O) groups is 1. The first-order chi connectivity index (χ1) is 12.0. The molecule has 0 aliphatic heterocycles. The molecule has 0 aliphatic rings. The number of benzene rings is 1. The van der Waals surface area contributed by atoms with Gasteiger partial charge in [-0.15, -0.1) is 0 Å². The number of carbonyl (C=O) groups excluding carboxylic acids is 1. The lowest BCUT2D eigenvalue weighted by Gasteiger charge is -2.08. The van der Waals surface area contributed by atoms with Crippen LogP contribution >= 0.6 is 11.8 Å². The van der Waals surface area contributed by atoms with Gasteiger partial charge in [0, 0.05) is 13.6 Å². The highest BCUT2D eigenvalue weighted by atomic mass is 32.2. The number of rotatable bonds is 6. The minimum absolute atomic E-state index is 0.0422. The van der Waals surface area contributed by atoms with Crippen LogP contribution in [-0.2, 0) is 24.8 Å². The fraction of sp³-hybridized carbons (Fsp3) is 0.250. The predicted octanol–water partition coefficient (Wildman–Crippen LogP) is 0.243. The van der Waals surface area contributed by atoms with Crippen LogP contribution in [-0.4, -0.2) is 30.8 Å². The fourth-order valence-corrected chi connectivity index (χ4v) is 3.31. The van der Waals surface area contributed by atoms with E-state index in [1.54, 1.807) is 4.57 Å². The number of imidazole rings is 1. The van der Waals surface area contributed by atoms with Gasteiger partial charge in [-0.1, -0.05) is 42.1 Å². The first kappa shape index (κ1) is 17.0. The molecule has 3 aromatic rings. The van der Waals surface area contributed by atoms with Crippen molar-refractivity contribution < 1.29 is 4.79 Å². The number of amides is 1. The molecule has 1 amide bonds. The number of hydrogen-bond donors (Lipinski definition) is 2. The summed E-state index contributed by atoms with van der Waals surface area (Å²) in [5.74, 6) is -0.435. The number of aryl methyl sites for hydroxylation is 3. The normalized spacial score (nSPS) is 11.1. The third-order valence-corrected chi connectivity index (χ3v) is 4.78. The lowest BCUT2D eigenvalue weighted by atomic mass is 10.1. The quantitative estimate of drug-likeness (QED) is 0.612. The van der Waals surface area contributed by atoms with Gasteiger partial charge in [0.1, 0.15) is 0 Å². The lowest BCUT2D eigenvalue weighted by Crippen LogP contribution is -2.29. The van der Waals surface area contributed by atoms with Crippen LogP contribution in [0.2, 0.25) is 0 Å². The van der Waals surface area contributed by atoms with Gasteiger partial charge in [-0.2, -0.15) is 0 Å². The summed E-state index contributed by atoms with van der Waals surface area (Å²) in [7, 11) is 1.54. The molecule has 0 aliphatic carbocycles. The van der Waals surface area contributed by atoms with E-state index in [2.05, 4.69) is 9.97 Å². The van der Waals surface area contributed by atoms with Crippen molar-refractivity contribution in [3.05, 3.63) is 56.7 Å². The van der Waals surface area contributed by atoms with Gasteiger partial charge in [0.25, 0.3) is 5.56 Å². The van der Waals surface area contributed by atoms with E-state index in [0.717, 1.165) is 17.3 Å². The molecule has 0 spiro atoms. The molecule has 1 aromatic carbocycles. The number of nitrogens with zero attached hydrogens (tertiary/aromatic N) is 3. The Labute approximate surface area is 146 Å². The molecule has 8 nitrogen and oxygen atoms in total. The first-order valence-electron chi connectivity index (χ1n) is 7.62. The van der Waals surface area contributed by atoms with Crippen molar-refractivity contribution in [3.8, 4) is 0 Å². The minimum atomic E-state index is -0.531. The topological polar surface area (TPSA) is 116 Å². The summed E-state index contributed by atoms with van der Waals surface area (Å²) in [6.07, 6.45) is 0.679. The van der Waals surface area contributed by atoms with Crippen LogP contribution in [0, 0.1) is 0 Å². The summed E-state index contributed by atoms with van der Waals surface area (Å²) in [6, 6.07) is 9.82. The average Bonchev–Trinajstić information content (AvgIpc) is 2.96. The Morgan fingerprint density at radius 2 is 2.00 bits per heavy atom. The third-order valence-electron chi connectivity index (χ3n) is 3.78. The number of aromatic nitrogens is 4. The van der Waals surface area contributed by atoms with E-state index in [0.29, 0.717) is 23.6 Å². The SMILES string of the molecule is Cn1c(=O)[nH]c(=O)c2c1nc(SCC(N)=O)n2CCc1ccccc1. The number of aromatic amines is 1. The minimum Gasteiger partial charge on any atom is -0.369 e. The molecule has 0 saturated carbocycles. The van der Waals surface area contributed by atoms with Crippen LogP contribution in [0.15, 0.2) is 45.1 Å². The molecule has 3 rings (SSSR count). The smallest absolute Gasteiger partial charge is 0.329 e. The van der Waals surface area contributed by atoms with Crippen molar-refractivity contribution >= 4 is 28.8 Å². The van der Waals surface area contributed by atoms with E-state index in [-0.39, 0.29) is 11.4 Å². The van der Waals surface area contributed by atoms with Gasteiger partial charge in [0.2, 0.25) is 5.91 Å². The highest BCUT2D eigenvalue weighted by molar-refractivity contribution is 7.99. The summed E-state index contributed by atoms with van der Waals surface area (Å²) >= 11 is 1.15. The zero-order chi connectivity index (χ0) is 18.0. The van der Waals surface area contributed by atoms with Gasteiger partial charge < -0.3 is 10.3 Å². The summed E-state index contributed by atoms with van der Waals surface area (Å²) in [5.41, 5.74) is 5.89. The largest absolute Gasteiger partial charge is 0.369 e. The van der Waals surface area contributed by atoms with Crippen LogP contribution in [0.5, 0.6) is 0 Å². The van der Waals surface area contributed by atoms with Crippen LogP contribution in [0.4, 0.5) is 0 Å².